The molecule has 0 aromatic heterocycles. The number of para-hydroxylation sites is 1. The van der Waals surface area contributed by atoms with Gasteiger partial charge in [0.1, 0.15) is 11.2 Å². The fourth-order valence-electron chi connectivity index (χ4n) is 1.95. The Bertz CT molecular complexity index is 665. The second-order valence-electron chi connectivity index (χ2n) is 5.14. The summed E-state index contributed by atoms with van der Waals surface area (Å²) in [5.41, 5.74) is -0.556. The van der Waals surface area contributed by atoms with Gasteiger partial charge in [0.25, 0.3) is 10.0 Å². The first-order valence-electron chi connectivity index (χ1n) is 6.02. The number of hydrogen-bond acceptors (Lipinski definition) is 5. The maximum atomic E-state index is 12.5. The fourth-order valence-corrected chi connectivity index (χ4v) is 3.51. The number of carbonyl (C=O) groups excluding carboxylic acids is 1. The zero-order valence-corrected chi connectivity index (χ0v) is 12.3. The van der Waals surface area contributed by atoms with E-state index in [0.717, 1.165) is 4.31 Å². The standard InChI is InChI=1S/C13H16N2O4S/c1-13(2,12(16)19-3)8-15-9-14-10-6-4-5-7-11(10)20(15,17)18/h4-7,9H,8H2,1-3H3. The SMILES string of the molecule is COC(=O)C(C)(C)CN1C=Nc2ccccc2S1(=O)=O. The van der Waals surface area contributed by atoms with Crippen LogP contribution in [-0.4, -0.2) is 38.7 Å². The summed E-state index contributed by atoms with van der Waals surface area (Å²) in [6.07, 6.45) is 1.24. The molecule has 1 aromatic rings. The Morgan fingerprint density at radius 1 is 1.35 bits per heavy atom. The number of carbonyl (C=O) groups is 1. The predicted molar refractivity (Wildman–Crippen MR) is 74.3 cm³/mol. The van der Waals surface area contributed by atoms with E-state index >= 15 is 0 Å². The highest BCUT2D eigenvalue weighted by Crippen LogP contribution is 2.32. The maximum Gasteiger partial charge on any atom is 0.313 e. The van der Waals surface area contributed by atoms with E-state index < -0.39 is 21.4 Å². The molecule has 1 aliphatic rings. The molecule has 6 nitrogen and oxygen atoms in total. The highest BCUT2D eigenvalue weighted by Gasteiger charge is 2.37. The number of fused-ring (bicyclic) bond motifs is 1. The normalized spacial score (nSPS) is 16.6. The smallest absolute Gasteiger partial charge is 0.313 e. The molecule has 0 aliphatic carbocycles. The minimum atomic E-state index is -3.68. The van der Waals surface area contributed by atoms with Crippen LogP contribution in [0, 0.1) is 5.41 Å². The van der Waals surface area contributed by atoms with Crippen molar-refractivity contribution in [3.8, 4) is 0 Å². The van der Waals surface area contributed by atoms with E-state index in [0.29, 0.717) is 5.69 Å². The Labute approximate surface area is 118 Å². The molecule has 1 heterocycles. The molecule has 20 heavy (non-hydrogen) atoms. The zero-order valence-electron chi connectivity index (χ0n) is 11.5. The van der Waals surface area contributed by atoms with Gasteiger partial charge in [0.2, 0.25) is 0 Å². The lowest BCUT2D eigenvalue weighted by molar-refractivity contribution is -0.150. The predicted octanol–water partition coefficient (Wildman–Crippen LogP) is 1.55. The van der Waals surface area contributed by atoms with Crippen LogP contribution in [0.2, 0.25) is 0 Å². The maximum absolute atomic E-state index is 12.5. The summed E-state index contributed by atoms with van der Waals surface area (Å²) in [7, 11) is -2.41. The highest BCUT2D eigenvalue weighted by molar-refractivity contribution is 7.89. The van der Waals surface area contributed by atoms with Crippen molar-refractivity contribution in [2.24, 2.45) is 10.4 Å². The second kappa shape index (κ2) is 4.90. The number of rotatable bonds is 3. The largest absolute Gasteiger partial charge is 0.469 e. The molecule has 0 N–H and O–H groups in total. The number of methoxy groups -OCH3 is 1. The van der Waals surface area contributed by atoms with E-state index in [9.17, 15) is 13.2 Å². The van der Waals surface area contributed by atoms with Crippen molar-refractivity contribution < 1.29 is 17.9 Å². The molecule has 1 aromatic carbocycles. The van der Waals surface area contributed by atoms with E-state index in [1.807, 2.05) is 0 Å². The van der Waals surface area contributed by atoms with Crippen molar-refractivity contribution in [1.29, 1.82) is 0 Å². The molecule has 0 radical (unpaired) electrons. The van der Waals surface area contributed by atoms with Gasteiger partial charge >= 0.3 is 5.97 Å². The van der Waals surface area contributed by atoms with Crippen molar-refractivity contribution in [3.63, 3.8) is 0 Å². The molecule has 0 amide bonds. The van der Waals surface area contributed by atoms with Gasteiger partial charge in [-0.15, -0.1) is 0 Å². The molecular weight excluding hydrogens is 280 g/mol. The minimum absolute atomic E-state index is 0.0279. The molecular formula is C13H16N2O4S. The Morgan fingerprint density at radius 2 is 2.00 bits per heavy atom. The third-order valence-corrected chi connectivity index (χ3v) is 4.81. The monoisotopic (exact) mass is 296 g/mol. The van der Waals surface area contributed by atoms with Crippen molar-refractivity contribution in [2.45, 2.75) is 18.7 Å². The van der Waals surface area contributed by atoms with Crippen LogP contribution in [0.3, 0.4) is 0 Å². The first kappa shape index (κ1) is 14.5. The second-order valence-corrected chi connectivity index (χ2v) is 7.00. The summed E-state index contributed by atoms with van der Waals surface area (Å²) in [4.78, 5) is 15.9. The molecule has 1 aliphatic heterocycles. The van der Waals surface area contributed by atoms with E-state index in [1.54, 1.807) is 32.0 Å². The third kappa shape index (κ3) is 2.40. The molecule has 108 valence electrons. The van der Waals surface area contributed by atoms with Gasteiger partial charge in [-0.2, -0.15) is 0 Å². The molecule has 2 rings (SSSR count). The van der Waals surface area contributed by atoms with Crippen LogP contribution in [0.25, 0.3) is 0 Å². The van der Waals surface area contributed by atoms with Crippen molar-refractivity contribution >= 4 is 28.0 Å². The first-order chi connectivity index (χ1) is 9.29. The molecule has 0 saturated carbocycles. The van der Waals surface area contributed by atoms with Gasteiger partial charge in [0.05, 0.1) is 24.8 Å². The summed E-state index contributed by atoms with van der Waals surface area (Å²) >= 11 is 0. The van der Waals surface area contributed by atoms with Gasteiger partial charge in [-0.1, -0.05) is 12.1 Å². The molecule has 0 saturated heterocycles. The van der Waals surface area contributed by atoms with Crippen LogP contribution in [-0.2, 0) is 19.6 Å². The van der Waals surface area contributed by atoms with Crippen LogP contribution in [0.15, 0.2) is 34.2 Å². The van der Waals surface area contributed by atoms with E-state index in [1.165, 1.54) is 19.5 Å². The van der Waals surface area contributed by atoms with Gasteiger partial charge in [0.15, 0.2) is 0 Å². The lowest BCUT2D eigenvalue weighted by Crippen LogP contribution is -2.43. The number of sulfonamides is 1. The van der Waals surface area contributed by atoms with Gasteiger partial charge in [-0.25, -0.2) is 13.4 Å². The average molecular weight is 296 g/mol. The summed E-state index contributed by atoms with van der Waals surface area (Å²) in [6.45, 7) is 3.23. The van der Waals surface area contributed by atoms with E-state index in [-0.39, 0.29) is 11.4 Å². The summed E-state index contributed by atoms with van der Waals surface area (Å²) < 4.78 is 30.7. The molecule has 0 spiro atoms. The topological polar surface area (TPSA) is 76.0 Å². The fraction of sp³-hybridized carbons (Fsp3) is 0.385. The van der Waals surface area contributed by atoms with Gasteiger partial charge < -0.3 is 4.74 Å². The van der Waals surface area contributed by atoms with Gasteiger partial charge in [0, 0.05) is 0 Å². The van der Waals surface area contributed by atoms with Crippen molar-refractivity contribution in [3.05, 3.63) is 24.3 Å². The summed E-state index contributed by atoms with van der Waals surface area (Å²) in [5, 5.41) is 0. The first-order valence-corrected chi connectivity index (χ1v) is 7.46. The zero-order chi connectivity index (χ0) is 15.0. The minimum Gasteiger partial charge on any atom is -0.469 e. The van der Waals surface area contributed by atoms with Crippen LogP contribution < -0.4 is 0 Å². The number of nitrogens with zero attached hydrogens (tertiary/aromatic N) is 2. The highest BCUT2D eigenvalue weighted by atomic mass is 32.2. The van der Waals surface area contributed by atoms with Crippen LogP contribution in [0.1, 0.15) is 13.8 Å². The summed E-state index contributed by atoms with van der Waals surface area (Å²) in [6, 6.07) is 6.49. The lowest BCUT2D eigenvalue weighted by atomic mass is 9.94. The lowest BCUT2D eigenvalue weighted by Gasteiger charge is -2.30. The van der Waals surface area contributed by atoms with Crippen LogP contribution >= 0.6 is 0 Å². The molecule has 0 bridgehead atoms. The molecule has 7 heteroatoms. The Hall–Kier alpha value is -1.89. The van der Waals surface area contributed by atoms with Crippen molar-refractivity contribution in [1.82, 2.24) is 4.31 Å². The van der Waals surface area contributed by atoms with E-state index in [2.05, 4.69) is 9.73 Å². The Morgan fingerprint density at radius 3 is 2.65 bits per heavy atom. The Kier molecular flexibility index (Phi) is 3.56. The van der Waals surface area contributed by atoms with Gasteiger partial charge in [-0.3, -0.25) is 9.10 Å². The average Bonchev–Trinajstić information content (AvgIpc) is 2.41. The van der Waals surface area contributed by atoms with Crippen LogP contribution in [0.5, 0.6) is 0 Å². The van der Waals surface area contributed by atoms with Crippen molar-refractivity contribution in [2.75, 3.05) is 13.7 Å². The number of benzene rings is 1. The number of ether oxygens (including phenoxy) is 1. The Balaban J connectivity index is 2.36. The van der Waals surface area contributed by atoms with Gasteiger partial charge in [-0.05, 0) is 26.0 Å². The quantitative estimate of drug-likeness (QED) is 0.793. The number of aliphatic imine (C=N–C) groups is 1. The molecule has 0 fully saturated rings. The molecule has 0 unspecified atom stereocenters. The van der Waals surface area contributed by atoms with Crippen LogP contribution in [0.4, 0.5) is 5.69 Å². The summed E-state index contributed by atoms with van der Waals surface area (Å²) in [5.74, 6) is -0.472. The van der Waals surface area contributed by atoms with E-state index in [4.69, 9.17) is 0 Å². The molecule has 0 atom stereocenters. The third-order valence-electron chi connectivity index (χ3n) is 3.07. The number of esters is 1. The number of hydrogen-bond donors (Lipinski definition) is 0.